The number of hydrogen-bond acceptors (Lipinski definition) is 2. The molecule has 1 heterocycles. The molecule has 2 nitrogen and oxygen atoms in total. The molecule has 0 aliphatic heterocycles. The van der Waals surface area contributed by atoms with Crippen molar-refractivity contribution in [3.8, 4) is 0 Å². The molecule has 1 aliphatic carbocycles. The summed E-state index contributed by atoms with van der Waals surface area (Å²) in [6, 6.07) is 2.05. The summed E-state index contributed by atoms with van der Waals surface area (Å²) >= 11 is 0. The highest BCUT2D eigenvalue weighted by atomic mass is 19.4. The predicted octanol–water partition coefficient (Wildman–Crippen LogP) is 4.09. The van der Waals surface area contributed by atoms with E-state index in [1.807, 2.05) is 0 Å². The Kier molecular flexibility index (Phi) is 4.09. The van der Waals surface area contributed by atoms with Gasteiger partial charge >= 0.3 is 6.18 Å². The molecule has 100 valence electrons. The van der Waals surface area contributed by atoms with Crippen LogP contribution in [0.5, 0.6) is 0 Å². The fourth-order valence-electron chi connectivity index (χ4n) is 2.41. The maximum atomic E-state index is 12.5. The Bertz CT molecular complexity index is 384. The van der Waals surface area contributed by atoms with Gasteiger partial charge in [0.15, 0.2) is 0 Å². The minimum Gasteiger partial charge on any atom is -0.370 e. The van der Waals surface area contributed by atoms with Crippen LogP contribution in [-0.4, -0.2) is 11.5 Å². The Morgan fingerprint density at radius 2 is 2.00 bits per heavy atom. The van der Waals surface area contributed by atoms with E-state index in [0.717, 1.165) is 24.5 Å². The van der Waals surface area contributed by atoms with Crippen LogP contribution in [0.1, 0.15) is 37.7 Å². The molecule has 0 saturated heterocycles. The number of pyridine rings is 1. The lowest BCUT2D eigenvalue weighted by Gasteiger charge is -2.12. The molecule has 0 amide bonds. The summed E-state index contributed by atoms with van der Waals surface area (Å²) in [5.74, 6) is 1.03. The number of alkyl halides is 3. The van der Waals surface area contributed by atoms with E-state index in [1.54, 1.807) is 0 Å². The summed E-state index contributed by atoms with van der Waals surface area (Å²) in [5.41, 5.74) is -0.652. The lowest BCUT2D eigenvalue weighted by atomic mass is 10.0. The zero-order chi connectivity index (χ0) is 13.0. The fourth-order valence-corrected chi connectivity index (χ4v) is 2.41. The zero-order valence-corrected chi connectivity index (χ0v) is 10.1. The molecule has 1 aromatic heterocycles. The third-order valence-corrected chi connectivity index (χ3v) is 3.42. The van der Waals surface area contributed by atoms with Crippen molar-refractivity contribution in [2.45, 2.75) is 38.3 Å². The fraction of sp³-hybridized carbons (Fsp3) is 0.615. The topological polar surface area (TPSA) is 24.9 Å². The molecule has 0 aromatic carbocycles. The van der Waals surface area contributed by atoms with Gasteiger partial charge in [-0.1, -0.05) is 25.7 Å². The molecule has 1 N–H and O–H groups in total. The predicted molar refractivity (Wildman–Crippen MR) is 64.3 cm³/mol. The van der Waals surface area contributed by atoms with Crippen LogP contribution in [-0.2, 0) is 6.18 Å². The van der Waals surface area contributed by atoms with Crippen LogP contribution in [0.15, 0.2) is 18.3 Å². The molecule has 0 radical (unpaired) electrons. The van der Waals surface area contributed by atoms with Crippen molar-refractivity contribution in [2.75, 3.05) is 11.9 Å². The minimum atomic E-state index is -4.30. The van der Waals surface area contributed by atoms with Gasteiger partial charge < -0.3 is 5.32 Å². The molecular formula is C13H17F3N2. The smallest absolute Gasteiger partial charge is 0.370 e. The summed E-state index contributed by atoms with van der Waals surface area (Å²) in [5, 5.41) is 2.97. The van der Waals surface area contributed by atoms with Gasteiger partial charge in [0.25, 0.3) is 0 Å². The van der Waals surface area contributed by atoms with Crippen LogP contribution in [0.3, 0.4) is 0 Å². The van der Waals surface area contributed by atoms with Gasteiger partial charge in [0, 0.05) is 12.7 Å². The summed E-state index contributed by atoms with van der Waals surface area (Å²) in [7, 11) is 0. The Morgan fingerprint density at radius 3 is 2.67 bits per heavy atom. The van der Waals surface area contributed by atoms with Gasteiger partial charge in [-0.15, -0.1) is 0 Å². The van der Waals surface area contributed by atoms with Crippen molar-refractivity contribution in [1.82, 2.24) is 4.98 Å². The van der Waals surface area contributed by atoms with Crippen molar-refractivity contribution >= 4 is 5.82 Å². The van der Waals surface area contributed by atoms with E-state index in [9.17, 15) is 13.2 Å². The Morgan fingerprint density at radius 1 is 1.28 bits per heavy atom. The third kappa shape index (κ3) is 3.62. The molecule has 1 fully saturated rings. The van der Waals surface area contributed by atoms with Crippen LogP contribution in [0.2, 0.25) is 0 Å². The van der Waals surface area contributed by atoms with Crippen molar-refractivity contribution < 1.29 is 13.2 Å². The number of rotatable bonds is 4. The van der Waals surface area contributed by atoms with Crippen LogP contribution < -0.4 is 5.32 Å². The Balaban J connectivity index is 1.85. The monoisotopic (exact) mass is 258 g/mol. The number of hydrogen-bond donors (Lipinski definition) is 1. The average Bonchev–Trinajstić information content (AvgIpc) is 2.81. The van der Waals surface area contributed by atoms with Crippen LogP contribution in [0, 0.1) is 5.92 Å². The lowest BCUT2D eigenvalue weighted by molar-refractivity contribution is -0.137. The number of halogens is 3. The molecule has 1 aliphatic rings. The van der Waals surface area contributed by atoms with E-state index in [-0.39, 0.29) is 0 Å². The van der Waals surface area contributed by atoms with Crippen molar-refractivity contribution in [3.63, 3.8) is 0 Å². The lowest BCUT2D eigenvalue weighted by Crippen LogP contribution is -2.10. The van der Waals surface area contributed by atoms with Gasteiger partial charge in [-0.2, -0.15) is 13.2 Å². The normalized spacial score (nSPS) is 17.1. The molecule has 18 heavy (non-hydrogen) atoms. The molecular weight excluding hydrogens is 241 g/mol. The van der Waals surface area contributed by atoms with Gasteiger partial charge in [0.2, 0.25) is 0 Å². The molecule has 0 unspecified atom stereocenters. The van der Waals surface area contributed by atoms with Gasteiger partial charge in [0.1, 0.15) is 5.82 Å². The molecule has 0 bridgehead atoms. The summed E-state index contributed by atoms with van der Waals surface area (Å²) < 4.78 is 37.4. The molecule has 0 atom stereocenters. The quantitative estimate of drug-likeness (QED) is 0.879. The number of nitrogens with one attached hydrogen (secondary N) is 1. The molecule has 2 rings (SSSR count). The minimum absolute atomic E-state index is 0.308. The van der Waals surface area contributed by atoms with E-state index in [0.29, 0.717) is 12.4 Å². The van der Waals surface area contributed by atoms with E-state index < -0.39 is 11.7 Å². The van der Waals surface area contributed by atoms with Crippen molar-refractivity contribution in [1.29, 1.82) is 0 Å². The first-order valence-electron chi connectivity index (χ1n) is 6.33. The first-order valence-corrected chi connectivity index (χ1v) is 6.33. The second-order valence-electron chi connectivity index (χ2n) is 4.79. The molecule has 0 spiro atoms. The van der Waals surface area contributed by atoms with Gasteiger partial charge in [-0.3, -0.25) is 0 Å². The summed E-state index contributed by atoms with van der Waals surface area (Å²) in [6.45, 7) is 0.693. The van der Waals surface area contributed by atoms with Crippen LogP contribution in [0.4, 0.5) is 19.0 Å². The Labute approximate surface area is 105 Å². The van der Waals surface area contributed by atoms with Gasteiger partial charge in [0.05, 0.1) is 5.56 Å². The SMILES string of the molecule is FC(F)(F)c1ccnc(NCCC2CCCC2)c1. The largest absolute Gasteiger partial charge is 0.416 e. The van der Waals surface area contributed by atoms with E-state index in [2.05, 4.69) is 10.3 Å². The standard InChI is InChI=1S/C13H17F3N2/c14-13(15,16)11-6-8-18-12(9-11)17-7-5-10-3-1-2-4-10/h6,8-10H,1-5,7H2,(H,17,18). The van der Waals surface area contributed by atoms with E-state index >= 15 is 0 Å². The number of nitrogens with zero attached hydrogens (tertiary/aromatic N) is 1. The maximum absolute atomic E-state index is 12.5. The van der Waals surface area contributed by atoms with Gasteiger partial charge in [-0.05, 0) is 24.5 Å². The van der Waals surface area contributed by atoms with Crippen molar-refractivity contribution in [2.24, 2.45) is 5.92 Å². The van der Waals surface area contributed by atoms with E-state index in [1.165, 1.54) is 31.9 Å². The highest BCUT2D eigenvalue weighted by Crippen LogP contribution is 2.30. The summed E-state index contributed by atoms with van der Waals surface area (Å²) in [4.78, 5) is 3.91. The molecule has 1 saturated carbocycles. The second-order valence-corrected chi connectivity index (χ2v) is 4.79. The van der Waals surface area contributed by atoms with Crippen LogP contribution >= 0.6 is 0 Å². The molecule has 5 heteroatoms. The highest BCUT2D eigenvalue weighted by molar-refractivity contribution is 5.38. The first-order chi connectivity index (χ1) is 8.55. The summed E-state index contributed by atoms with van der Waals surface area (Å²) in [6.07, 6.45) is 2.97. The van der Waals surface area contributed by atoms with Crippen LogP contribution in [0.25, 0.3) is 0 Å². The average molecular weight is 258 g/mol. The number of anilines is 1. The second kappa shape index (κ2) is 5.59. The van der Waals surface area contributed by atoms with E-state index in [4.69, 9.17) is 0 Å². The molecule has 1 aromatic rings. The zero-order valence-electron chi connectivity index (χ0n) is 10.1. The number of aromatic nitrogens is 1. The highest BCUT2D eigenvalue weighted by Gasteiger charge is 2.30. The third-order valence-electron chi connectivity index (χ3n) is 3.42. The first kappa shape index (κ1) is 13.2. The maximum Gasteiger partial charge on any atom is 0.416 e. The van der Waals surface area contributed by atoms with Crippen molar-refractivity contribution in [3.05, 3.63) is 23.9 Å². The Hall–Kier alpha value is -1.26. The van der Waals surface area contributed by atoms with Gasteiger partial charge in [-0.25, -0.2) is 4.98 Å².